The summed E-state index contributed by atoms with van der Waals surface area (Å²) >= 11 is 0. The fourth-order valence-electron chi connectivity index (χ4n) is 2.64. The van der Waals surface area contributed by atoms with E-state index in [4.69, 9.17) is 9.16 Å². The predicted molar refractivity (Wildman–Crippen MR) is 94.0 cm³/mol. The van der Waals surface area contributed by atoms with Crippen LogP contribution in [0.1, 0.15) is 27.2 Å². The number of non-ortho nitro benzene ring substituents is 1. The van der Waals surface area contributed by atoms with Gasteiger partial charge in [-0.15, -0.1) is 0 Å². The first-order valence-electron chi connectivity index (χ1n) is 7.98. The molecule has 1 heterocycles. The van der Waals surface area contributed by atoms with Crippen LogP contribution in [-0.4, -0.2) is 32.1 Å². The van der Waals surface area contributed by atoms with E-state index in [1.54, 1.807) is 0 Å². The van der Waals surface area contributed by atoms with E-state index in [0.29, 0.717) is 17.9 Å². The Bertz CT molecular complexity index is 642. The summed E-state index contributed by atoms with van der Waals surface area (Å²) in [5, 5.41) is 13.7. The third-order valence-electron chi connectivity index (χ3n) is 3.54. The van der Waals surface area contributed by atoms with Gasteiger partial charge in [-0.2, -0.15) is 0 Å². The fourth-order valence-corrected chi connectivity index (χ4v) is 3.58. The van der Waals surface area contributed by atoms with Crippen LogP contribution in [0.25, 0.3) is 0 Å². The number of nitro benzene ring substituents is 1. The number of nitro groups is 1. The molecule has 7 nitrogen and oxygen atoms in total. The number of anilines is 1. The van der Waals surface area contributed by atoms with Gasteiger partial charge in [0.2, 0.25) is 6.10 Å². The topological polar surface area (TPSA) is 90.7 Å². The molecule has 1 aromatic rings. The molecule has 1 aromatic carbocycles. The molecule has 1 N–H and O–H groups in total. The second-order valence-corrected chi connectivity index (χ2v) is 9.82. The van der Waals surface area contributed by atoms with Crippen LogP contribution < -0.4 is 10.1 Å². The number of hydrogen-bond acceptors (Lipinski definition) is 5. The number of nitrogens with zero attached hydrogens (tertiary/aromatic N) is 1. The Kier molecular flexibility index (Phi) is 5.29. The van der Waals surface area contributed by atoms with E-state index >= 15 is 0 Å². The van der Waals surface area contributed by atoms with Gasteiger partial charge in [-0.25, -0.2) is 0 Å². The highest BCUT2D eigenvalue weighted by Crippen LogP contribution is 2.36. The van der Waals surface area contributed by atoms with Crippen molar-refractivity contribution in [2.24, 2.45) is 5.41 Å². The average Bonchev–Trinajstić information content (AvgIpc) is 2.43. The van der Waals surface area contributed by atoms with E-state index in [0.717, 1.165) is 0 Å². The fraction of sp³-hybridized carbons (Fsp3) is 0.562. The van der Waals surface area contributed by atoms with Gasteiger partial charge in [-0.05, 0) is 31.0 Å². The lowest BCUT2D eigenvalue weighted by Gasteiger charge is -2.35. The van der Waals surface area contributed by atoms with Crippen molar-refractivity contribution in [3.05, 3.63) is 28.3 Å². The van der Waals surface area contributed by atoms with Crippen LogP contribution in [0, 0.1) is 15.5 Å². The highest BCUT2D eigenvalue weighted by molar-refractivity contribution is 6.48. The summed E-state index contributed by atoms with van der Waals surface area (Å²) in [6.45, 7) is 10.3. The molecule has 0 fully saturated rings. The molecule has 0 aliphatic carbocycles. The first-order chi connectivity index (χ1) is 11.1. The summed E-state index contributed by atoms with van der Waals surface area (Å²) < 4.78 is 11.9. The summed E-state index contributed by atoms with van der Waals surface area (Å²) in [5.41, 5.74) is 0.328. The predicted octanol–water partition coefficient (Wildman–Crippen LogP) is 3.10. The Hall–Kier alpha value is -1.93. The standard InChI is InChI=1S/C16H24N2O5Si/c1-16(2,3)9-13(23-24(4)5)14-15(19)17-11-7-6-10(18(20)21)8-12(11)22-14/h6-8,13-14,24H,9H2,1-5H3,(H,17,19). The molecule has 0 spiro atoms. The SMILES string of the molecule is C[SiH](C)OC(CC(C)(C)C)C1Oc2cc([N+](=O)[O-])ccc2NC1=O. The summed E-state index contributed by atoms with van der Waals surface area (Å²) in [6, 6.07) is 4.16. The third-order valence-corrected chi connectivity index (χ3v) is 4.44. The minimum Gasteiger partial charge on any atom is -0.475 e. The van der Waals surface area contributed by atoms with Crippen LogP contribution in [0.4, 0.5) is 11.4 Å². The van der Waals surface area contributed by atoms with E-state index < -0.39 is 20.1 Å². The number of benzene rings is 1. The minimum atomic E-state index is -1.40. The second-order valence-electron chi connectivity index (χ2n) is 7.45. The number of carbonyl (C=O) groups is 1. The zero-order valence-corrected chi connectivity index (χ0v) is 15.8. The molecule has 1 aliphatic rings. The molecule has 0 aromatic heterocycles. The van der Waals surface area contributed by atoms with Crippen LogP contribution in [0.5, 0.6) is 5.75 Å². The summed E-state index contributed by atoms with van der Waals surface area (Å²) in [4.78, 5) is 22.9. The smallest absolute Gasteiger partial charge is 0.273 e. The van der Waals surface area contributed by atoms with Crippen molar-refractivity contribution in [1.29, 1.82) is 0 Å². The van der Waals surface area contributed by atoms with Crippen molar-refractivity contribution in [3.8, 4) is 5.75 Å². The lowest BCUT2D eigenvalue weighted by atomic mass is 9.87. The van der Waals surface area contributed by atoms with Crippen LogP contribution >= 0.6 is 0 Å². The second kappa shape index (κ2) is 6.90. The first-order valence-corrected chi connectivity index (χ1v) is 10.8. The van der Waals surface area contributed by atoms with Gasteiger partial charge in [0.1, 0.15) is 0 Å². The van der Waals surface area contributed by atoms with Gasteiger partial charge < -0.3 is 14.5 Å². The van der Waals surface area contributed by atoms with Gasteiger partial charge >= 0.3 is 0 Å². The van der Waals surface area contributed by atoms with Gasteiger partial charge in [0.05, 0.1) is 22.8 Å². The van der Waals surface area contributed by atoms with Gasteiger partial charge in [0.25, 0.3) is 11.6 Å². The normalized spacial score (nSPS) is 18.6. The number of carbonyl (C=O) groups excluding carboxylic acids is 1. The van der Waals surface area contributed by atoms with Crippen LogP contribution in [-0.2, 0) is 9.22 Å². The summed E-state index contributed by atoms with van der Waals surface area (Å²) in [6.07, 6.45) is -0.543. The Balaban J connectivity index is 2.30. The molecule has 1 amide bonds. The maximum absolute atomic E-state index is 12.5. The maximum atomic E-state index is 12.5. The number of rotatable bonds is 5. The van der Waals surface area contributed by atoms with Gasteiger partial charge in [-0.3, -0.25) is 14.9 Å². The Morgan fingerprint density at radius 1 is 1.42 bits per heavy atom. The molecule has 24 heavy (non-hydrogen) atoms. The number of ether oxygens (including phenoxy) is 1. The van der Waals surface area contributed by atoms with Crippen molar-refractivity contribution < 1.29 is 18.9 Å². The molecule has 1 aliphatic heterocycles. The van der Waals surface area contributed by atoms with Crippen LogP contribution in [0.15, 0.2) is 18.2 Å². The van der Waals surface area contributed by atoms with E-state index in [1.165, 1.54) is 18.2 Å². The Morgan fingerprint density at radius 2 is 2.08 bits per heavy atom. The van der Waals surface area contributed by atoms with Gasteiger partial charge in [0.15, 0.2) is 14.8 Å². The number of fused-ring (bicyclic) bond motifs is 1. The maximum Gasteiger partial charge on any atom is 0.273 e. The minimum absolute atomic E-state index is 0.0411. The lowest BCUT2D eigenvalue weighted by Crippen LogP contribution is -2.49. The van der Waals surface area contributed by atoms with Gasteiger partial charge in [0, 0.05) is 6.07 Å². The number of hydrogen-bond donors (Lipinski definition) is 1. The van der Waals surface area contributed by atoms with Gasteiger partial charge in [-0.1, -0.05) is 20.8 Å². The van der Waals surface area contributed by atoms with E-state index in [-0.39, 0.29) is 23.1 Å². The quantitative estimate of drug-likeness (QED) is 0.499. The lowest BCUT2D eigenvalue weighted by molar-refractivity contribution is -0.384. The molecule has 2 unspecified atom stereocenters. The van der Waals surface area contributed by atoms with Crippen molar-refractivity contribution in [1.82, 2.24) is 0 Å². The highest BCUT2D eigenvalue weighted by Gasteiger charge is 2.38. The molecule has 0 radical (unpaired) electrons. The van der Waals surface area contributed by atoms with Crippen molar-refractivity contribution >= 4 is 26.3 Å². The Labute approximate surface area is 143 Å². The highest BCUT2D eigenvalue weighted by atomic mass is 28.3. The largest absolute Gasteiger partial charge is 0.475 e. The molecular weight excluding hydrogens is 328 g/mol. The van der Waals surface area contributed by atoms with Crippen molar-refractivity contribution in [2.45, 2.75) is 52.5 Å². The summed E-state index contributed by atoms with van der Waals surface area (Å²) in [5.74, 6) is 0.0296. The summed E-state index contributed by atoms with van der Waals surface area (Å²) in [7, 11) is -1.40. The third kappa shape index (κ3) is 4.54. The zero-order chi connectivity index (χ0) is 18.1. The van der Waals surface area contributed by atoms with E-state index in [2.05, 4.69) is 26.1 Å². The zero-order valence-electron chi connectivity index (χ0n) is 14.7. The Morgan fingerprint density at radius 3 is 2.62 bits per heavy atom. The monoisotopic (exact) mass is 352 g/mol. The van der Waals surface area contributed by atoms with Crippen LogP contribution in [0.2, 0.25) is 13.1 Å². The van der Waals surface area contributed by atoms with Crippen molar-refractivity contribution in [3.63, 3.8) is 0 Å². The molecular formula is C16H24N2O5Si. The molecule has 0 saturated carbocycles. The molecule has 0 saturated heterocycles. The van der Waals surface area contributed by atoms with E-state index in [9.17, 15) is 14.9 Å². The molecule has 132 valence electrons. The van der Waals surface area contributed by atoms with Crippen molar-refractivity contribution in [2.75, 3.05) is 5.32 Å². The molecule has 2 atom stereocenters. The number of nitrogens with one attached hydrogen (secondary N) is 1. The average molecular weight is 352 g/mol. The first kappa shape index (κ1) is 18.4. The molecule has 8 heteroatoms. The van der Waals surface area contributed by atoms with Crippen LogP contribution in [0.3, 0.4) is 0 Å². The van der Waals surface area contributed by atoms with E-state index in [1.807, 2.05) is 13.1 Å². The molecule has 2 rings (SSSR count). The number of amides is 1. The molecule has 0 bridgehead atoms.